The molecule has 6 heteroatoms. The fourth-order valence-corrected chi connectivity index (χ4v) is 5.14. The van der Waals surface area contributed by atoms with Gasteiger partial charge in [0.25, 0.3) is 5.91 Å². The van der Waals surface area contributed by atoms with Gasteiger partial charge in [-0.2, -0.15) is 0 Å². The van der Waals surface area contributed by atoms with E-state index in [1.165, 1.54) is 24.8 Å². The van der Waals surface area contributed by atoms with E-state index < -0.39 is 0 Å². The van der Waals surface area contributed by atoms with Crippen LogP contribution in [-0.2, 0) is 6.42 Å². The van der Waals surface area contributed by atoms with Crippen LogP contribution in [0.4, 0.5) is 0 Å². The zero-order chi connectivity index (χ0) is 21.2. The Bertz CT molecular complexity index is 1200. The monoisotopic (exact) mass is 431 g/mol. The first kappa shape index (κ1) is 19.9. The summed E-state index contributed by atoms with van der Waals surface area (Å²) < 4.78 is 6.46. The summed E-state index contributed by atoms with van der Waals surface area (Å²) in [7, 11) is 0. The number of oxazole rings is 1. The van der Waals surface area contributed by atoms with Crippen LogP contribution in [0.1, 0.15) is 59.6 Å². The molecular weight excluding hydrogens is 406 g/mol. The summed E-state index contributed by atoms with van der Waals surface area (Å²) in [5, 5.41) is 5.24. The second-order valence-corrected chi connectivity index (χ2v) is 9.15. The van der Waals surface area contributed by atoms with Gasteiger partial charge in [0.1, 0.15) is 17.7 Å². The van der Waals surface area contributed by atoms with Crippen LogP contribution in [0, 0.1) is 6.92 Å². The maximum absolute atomic E-state index is 12.9. The highest BCUT2D eigenvalue weighted by atomic mass is 32.1. The van der Waals surface area contributed by atoms with Gasteiger partial charge in [-0.25, -0.2) is 9.97 Å². The van der Waals surface area contributed by atoms with Crippen LogP contribution in [0.5, 0.6) is 0 Å². The summed E-state index contributed by atoms with van der Waals surface area (Å²) in [6.07, 6.45) is 8.22. The van der Waals surface area contributed by atoms with Crippen molar-refractivity contribution in [1.82, 2.24) is 15.3 Å². The summed E-state index contributed by atoms with van der Waals surface area (Å²) in [5.41, 5.74) is 5.61. The fraction of sp³-hybridized carbons (Fsp3) is 0.320. The molecule has 3 heterocycles. The quantitative estimate of drug-likeness (QED) is 0.426. The first-order valence-electron chi connectivity index (χ1n) is 10.8. The van der Waals surface area contributed by atoms with Crippen LogP contribution in [-0.4, -0.2) is 21.9 Å². The first-order valence-corrected chi connectivity index (χ1v) is 11.7. The molecule has 1 amide bonds. The Morgan fingerprint density at radius 1 is 1.13 bits per heavy atom. The topological polar surface area (TPSA) is 68.0 Å². The van der Waals surface area contributed by atoms with E-state index in [2.05, 4.69) is 39.6 Å². The van der Waals surface area contributed by atoms with Crippen LogP contribution in [0.25, 0.3) is 21.5 Å². The van der Waals surface area contributed by atoms with Crippen molar-refractivity contribution in [3.63, 3.8) is 0 Å². The molecule has 1 N–H and O–H groups in total. The normalized spacial score (nSPS) is 14.7. The smallest absolute Gasteiger partial charge is 0.270 e. The van der Waals surface area contributed by atoms with Crippen LogP contribution in [0.3, 0.4) is 0 Å². The van der Waals surface area contributed by atoms with Crippen molar-refractivity contribution < 1.29 is 9.21 Å². The standard InChI is InChI=1S/C25H25N3O2S/c1-16-26-23(15-30-16)18-9-7-17(8-10-18)13-19-14-22(28-21-11-12-31-24(19)21)25(29)27-20-5-3-2-4-6-20/h7-12,14-15,20H,2-6,13H2,1H3,(H,27,29). The van der Waals surface area contributed by atoms with Gasteiger partial charge in [-0.1, -0.05) is 43.5 Å². The van der Waals surface area contributed by atoms with Gasteiger partial charge in [-0.3, -0.25) is 4.79 Å². The number of aryl methyl sites for hydroxylation is 1. The molecule has 3 aromatic heterocycles. The van der Waals surface area contributed by atoms with Crippen molar-refractivity contribution in [3.8, 4) is 11.3 Å². The number of fused-ring (bicyclic) bond motifs is 1. The van der Waals surface area contributed by atoms with Gasteiger partial charge in [0.05, 0.1) is 10.2 Å². The molecular formula is C25H25N3O2S. The van der Waals surface area contributed by atoms with E-state index in [1.54, 1.807) is 17.6 Å². The molecule has 1 fully saturated rings. The minimum atomic E-state index is -0.0574. The SMILES string of the molecule is Cc1nc(-c2ccc(Cc3cc(C(=O)NC4CCCCC4)nc4ccsc34)cc2)co1. The number of carbonyl (C=O) groups is 1. The van der Waals surface area contributed by atoms with Crippen LogP contribution in [0.15, 0.2) is 52.5 Å². The molecule has 158 valence electrons. The number of hydrogen-bond acceptors (Lipinski definition) is 5. The van der Waals surface area contributed by atoms with E-state index in [1.807, 2.05) is 24.4 Å². The molecule has 5 nitrogen and oxygen atoms in total. The van der Waals surface area contributed by atoms with E-state index in [4.69, 9.17) is 4.42 Å². The van der Waals surface area contributed by atoms with Crippen LogP contribution in [0.2, 0.25) is 0 Å². The Hall–Kier alpha value is -2.99. The molecule has 1 aliphatic carbocycles. The number of thiophene rings is 1. The Morgan fingerprint density at radius 3 is 2.68 bits per heavy atom. The van der Waals surface area contributed by atoms with Crippen molar-refractivity contribution in [2.45, 2.75) is 51.5 Å². The molecule has 0 saturated heterocycles. The molecule has 1 aliphatic rings. The maximum Gasteiger partial charge on any atom is 0.270 e. The van der Waals surface area contributed by atoms with Crippen molar-refractivity contribution in [1.29, 1.82) is 0 Å². The average Bonchev–Trinajstić information content (AvgIpc) is 3.44. The first-order chi connectivity index (χ1) is 15.2. The third-order valence-corrected chi connectivity index (χ3v) is 6.90. The number of aromatic nitrogens is 2. The second kappa shape index (κ2) is 8.63. The molecule has 31 heavy (non-hydrogen) atoms. The molecule has 0 atom stereocenters. The average molecular weight is 432 g/mol. The number of carbonyl (C=O) groups excluding carboxylic acids is 1. The zero-order valence-electron chi connectivity index (χ0n) is 17.6. The summed E-state index contributed by atoms with van der Waals surface area (Å²) in [6, 6.07) is 12.6. The van der Waals surface area contributed by atoms with E-state index in [9.17, 15) is 4.79 Å². The third kappa shape index (κ3) is 4.39. The number of pyridine rings is 1. The number of hydrogen-bond donors (Lipinski definition) is 1. The summed E-state index contributed by atoms with van der Waals surface area (Å²) in [6.45, 7) is 1.84. The van der Waals surface area contributed by atoms with Gasteiger partial charge >= 0.3 is 0 Å². The van der Waals surface area contributed by atoms with Gasteiger partial charge in [0.15, 0.2) is 5.89 Å². The predicted molar refractivity (Wildman–Crippen MR) is 123 cm³/mol. The number of rotatable bonds is 5. The van der Waals surface area contributed by atoms with Crippen molar-refractivity contribution in [2.24, 2.45) is 0 Å². The summed E-state index contributed by atoms with van der Waals surface area (Å²) in [4.78, 5) is 21.9. The lowest BCUT2D eigenvalue weighted by Crippen LogP contribution is -2.36. The fourth-order valence-electron chi connectivity index (χ4n) is 4.29. The number of nitrogens with zero attached hydrogens (tertiary/aromatic N) is 2. The number of amides is 1. The van der Waals surface area contributed by atoms with E-state index in [0.717, 1.165) is 46.3 Å². The molecule has 4 aromatic rings. The van der Waals surface area contributed by atoms with Gasteiger partial charge in [-0.15, -0.1) is 11.3 Å². The number of benzene rings is 1. The molecule has 0 spiro atoms. The molecule has 0 radical (unpaired) electrons. The lowest BCUT2D eigenvalue weighted by Gasteiger charge is -2.22. The van der Waals surface area contributed by atoms with Crippen molar-refractivity contribution in [2.75, 3.05) is 0 Å². The summed E-state index contributed by atoms with van der Waals surface area (Å²) >= 11 is 1.68. The van der Waals surface area contributed by atoms with Gasteiger partial charge < -0.3 is 9.73 Å². The molecule has 5 rings (SSSR count). The minimum absolute atomic E-state index is 0.0574. The predicted octanol–water partition coefficient (Wildman–Crippen LogP) is 5.91. The molecule has 0 unspecified atom stereocenters. The second-order valence-electron chi connectivity index (χ2n) is 8.24. The highest BCUT2D eigenvalue weighted by Gasteiger charge is 2.19. The lowest BCUT2D eigenvalue weighted by molar-refractivity contribution is 0.0923. The van der Waals surface area contributed by atoms with Crippen LogP contribution < -0.4 is 5.32 Å². The van der Waals surface area contributed by atoms with E-state index in [-0.39, 0.29) is 11.9 Å². The van der Waals surface area contributed by atoms with E-state index in [0.29, 0.717) is 11.6 Å². The van der Waals surface area contributed by atoms with Crippen LogP contribution >= 0.6 is 11.3 Å². The Labute approximate surface area is 185 Å². The molecule has 1 aromatic carbocycles. The Kier molecular flexibility index (Phi) is 5.55. The largest absolute Gasteiger partial charge is 0.449 e. The third-order valence-electron chi connectivity index (χ3n) is 5.92. The molecule has 1 saturated carbocycles. The van der Waals surface area contributed by atoms with Gasteiger partial charge in [-0.05, 0) is 47.9 Å². The van der Waals surface area contributed by atoms with Gasteiger partial charge in [0.2, 0.25) is 0 Å². The lowest BCUT2D eigenvalue weighted by atomic mass is 9.95. The Balaban J connectivity index is 1.38. The molecule has 0 aliphatic heterocycles. The highest BCUT2D eigenvalue weighted by molar-refractivity contribution is 7.17. The maximum atomic E-state index is 12.9. The molecule has 0 bridgehead atoms. The van der Waals surface area contributed by atoms with Gasteiger partial charge in [0, 0.05) is 18.5 Å². The Morgan fingerprint density at radius 2 is 1.94 bits per heavy atom. The summed E-state index contributed by atoms with van der Waals surface area (Å²) in [5.74, 6) is 0.605. The number of nitrogens with one attached hydrogen (secondary N) is 1. The highest BCUT2D eigenvalue weighted by Crippen LogP contribution is 2.28. The van der Waals surface area contributed by atoms with E-state index >= 15 is 0 Å². The van der Waals surface area contributed by atoms with Crippen molar-refractivity contribution in [3.05, 3.63) is 70.8 Å². The zero-order valence-corrected chi connectivity index (χ0v) is 18.4. The minimum Gasteiger partial charge on any atom is -0.449 e. The van der Waals surface area contributed by atoms with Crippen molar-refractivity contribution >= 4 is 27.5 Å².